The van der Waals surface area contributed by atoms with Gasteiger partial charge in [0.1, 0.15) is 13.2 Å². The smallest absolute Gasteiger partial charge is 0.329 e. The van der Waals surface area contributed by atoms with Crippen LogP contribution in [0.4, 0.5) is 5.69 Å². The Kier molecular flexibility index (Phi) is 6.35. The Morgan fingerprint density at radius 1 is 1.24 bits per heavy atom. The fourth-order valence-electron chi connectivity index (χ4n) is 1.58. The first-order valence-corrected chi connectivity index (χ1v) is 6.42. The average Bonchev–Trinajstić information content (AvgIpc) is 2.41. The standard InChI is InChI=1S/C14H18N2O5/c1-3-15-14(20)10-5-4-9(2)11(6-10)16-12(17)7-21-8-13(18)19/h4-6H,3,7-8H2,1-2H3,(H,15,20)(H,16,17)(H,18,19). The Morgan fingerprint density at radius 2 is 1.95 bits per heavy atom. The summed E-state index contributed by atoms with van der Waals surface area (Å²) in [6, 6.07) is 4.95. The van der Waals surface area contributed by atoms with Crippen molar-refractivity contribution >= 4 is 23.5 Å². The highest BCUT2D eigenvalue weighted by Gasteiger charge is 2.10. The minimum atomic E-state index is -1.14. The molecule has 7 heteroatoms. The Morgan fingerprint density at radius 3 is 2.57 bits per heavy atom. The molecular formula is C14H18N2O5. The Hall–Kier alpha value is -2.41. The Balaban J connectivity index is 2.69. The van der Waals surface area contributed by atoms with E-state index in [1.165, 1.54) is 0 Å². The van der Waals surface area contributed by atoms with Crippen molar-refractivity contribution in [2.45, 2.75) is 13.8 Å². The molecule has 0 spiro atoms. The number of hydrogen-bond acceptors (Lipinski definition) is 4. The van der Waals surface area contributed by atoms with Crippen molar-refractivity contribution < 1.29 is 24.2 Å². The molecule has 0 aliphatic carbocycles. The summed E-state index contributed by atoms with van der Waals surface area (Å²) in [7, 11) is 0. The van der Waals surface area contributed by atoms with Gasteiger partial charge in [-0.2, -0.15) is 0 Å². The maximum atomic E-state index is 11.7. The molecule has 0 unspecified atom stereocenters. The number of hydrogen-bond donors (Lipinski definition) is 3. The van der Waals surface area contributed by atoms with Gasteiger partial charge in [0.15, 0.2) is 0 Å². The van der Waals surface area contributed by atoms with E-state index in [-0.39, 0.29) is 12.5 Å². The molecule has 0 aliphatic heterocycles. The number of carboxylic acid groups (broad SMARTS) is 1. The van der Waals surface area contributed by atoms with Crippen molar-refractivity contribution in [1.29, 1.82) is 0 Å². The first-order chi connectivity index (χ1) is 9.93. The molecule has 3 N–H and O–H groups in total. The van der Waals surface area contributed by atoms with Crippen LogP contribution in [-0.4, -0.2) is 42.6 Å². The number of carboxylic acids is 1. The second-order valence-corrected chi connectivity index (χ2v) is 4.32. The molecule has 0 bridgehead atoms. The van der Waals surface area contributed by atoms with Crippen molar-refractivity contribution in [3.8, 4) is 0 Å². The largest absolute Gasteiger partial charge is 0.480 e. The van der Waals surface area contributed by atoms with Gasteiger partial charge in [0.05, 0.1) is 0 Å². The minimum absolute atomic E-state index is 0.227. The Labute approximate surface area is 122 Å². The fraction of sp³-hybridized carbons (Fsp3) is 0.357. The molecule has 1 rings (SSSR count). The van der Waals surface area contributed by atoms with Gasteiger partial charge in [-0.05, 0) is 31.5 Å². The lowest BCUT2D eigenvalue weighted by atomic mass is 10.1. The van der Waals surface area contributed by atoms with Gasteiger partial charge in [0.25, 0.3) is 5.91 Å². The molecule has 7 nitrogen and oxygen atoms in total. The van der Waals surface area contributed by atoms with Gasteiger partial charge >= 0.3 is 5.97 Å². The van der Waals surface area contributed by atoms with Crippen molar-refractivity contribution in [1.82, 2.24) is 5.32 Å². The minimum Gasteiger partial charge on any atom is -0.480 e. The summed E-state index contributed by atoms with van der Waals surface area (Å²) in [5.74, 6) is -1.85. The SMILES string of the molecule is CCNC(=O)c1ccc(C)c(NC(=O)COCC(=O)O)c1. The molecule has 0 aromatic heterocycles. The van der Waals surface area contributed by atoms with E-state index in [1.807, 2.05) is 6.92 Å². The molecule has 0 atom stereocenters. The van der Waals surface area contributed by atoms with Crippen LogP contribution in [0.5, 0.6) is 0 Å². The summed E-state index contributed by atoms with van der Waals surface area (Å²) in [6.45, 7) is 3.21. The van der Waals surface area contributed by atoms with Gasteiger partial charge in [0.2, 0.25) is 5.91 Å². The number of nitrogens with one attached hydrogen (secondary N) is 2. The summed E-state index contributed by atoms with van der Waals surface area (Å²) < 4.78 is 4.69. The summed E-state index contributed by atoms with van der Waals surface area (Å²) in [5.41, 5.74) is 1.71. The van der Waals surface area contributed by atoms with Gasteiger partial charge in [-0.3, -0.25) is 9.59 Å². The molecule has 2 amide bonds. The molecule has 0 heterocycles. The van der Waals surface area contributed by atoms with E-state index in [0.29, 0.717) is 17.8 Å². The molecule has 1 aromatic carbocycles. The molecule has 0 saturated heterocycles. The zero-order valence-corrected chi connectivity index (χ0v) is 11.9. The van der Waals surface area contributed by atoms with Gasteiger partial charge in [0, 0.05) is 17.8 Å². The normalized spacial score (nSPS) is 10.0. The lowest BCUT2D eigenvalue weighted by Crippen LogP contribution is -2.24. The lowest BCUT2D eigenvalue weighted by molar-refractivity contribution is -0.143. The van der Waals surface area contributed by atoms with Crippen molar-refractivity contribution in [2.75, 3.05) is 25.1 Å². The van der Waals surface area contributed by atoms with E-state index in [0.717, 1.165) is 5.56 Å². The number of anilines is 1. The van der Waals surface area contributed by atoms with Crippen LogP contribution in [0, 0.1) is 6.92 Å². The maximum Gasteiger partial charge on any atom is 0.329 e. The second-order valence-electron chi connectivity index (χ2n) is 4.32. The number of ether oxygens (including phenoxy) is 1. The number of amides is 2. The molecule has 0 radical (unpaired) electrons. The number of benzene rings is 1. The van der Waals surface area contributed by atoms with E-state index < -0.39 is 18.5 Å². The quantitative estimate of drug-likeness (QED) is 0.689. The number of aryl methyl sites for hydroxylation is 1. The third-order valence-electron chi connectivity index (χ3n) is 2.57. The zero-order chi connectivity index (χ0) is 15.8. The first-order valence-electron chi connectivity index (χ1n) is 6.42. The number of rotatable bonds is 7. The van der Waals surface area contributed by atoms with Crippen LogP contribution in [0.2, 0.25) is 0 Å². The Bertz CT molecular complexity index is 542. The van der Waals surface area contributed by atoms with E-state index in [2.05, 4.69) is 10.6 Å². The predicted molar refractivity (Wildman–Crippen MR) is 76.3 cm³/mol. The highest BCUT2D eigenvalue weighted by Crippen LogP contribution is 2.17. The van der Waals surface area contributed by atoms with Crippen LogP contribution < -0.4 is 10.6 Å². The van der Waals surface area contributed by atoms with E-state index in [1.54, 1.807) is 25.1 Å². The third-order valence-corrected chi connectivity index (χ3v) is 2.57. The highest BCUT2D eigenvalue weighted by atomic mass is 16.5. The van der Waals surface area contributed by atoms with Gasteiger partial charge < -0.3 is 20.5 Å². The first kappa shape index (κ1) is 16.6. The summed E-state index contributed by atoms with van der Waals surface area (Å²) in [4.78, 5) is 33.6. The molecular weight excluding hydrogens is 276 g/mol. The highest BCUT2D eigenvalue weighted by molar-refractivity contribution is 5.98. The topological polar surface area (TPSA) is 105 Å². The van der Waals surface area contributed by atoms with Crippen molar-refractivity contribution in [3.05, 3.63) is 29.3 Å². The van der Waals surface area contributed by atoms with Crippen molar-refractivity contribution in [2.24, 2.45) is 0 Å². The second kappa shape index (κ2) is 8.01. The van der Waals surface area contributed by atoms with Crippen LogP contribution in [0.25, 0.3) is 0 Å². The number of carbonyl (C=O) groups is 3. The summed E-state index contributed by atoms with van der Waals surface area (Å²) in [5, 5.41) is 13.7. The lowest BCUT2D eigenvalue weighted by Gasteiger charge is -2.10. The van der Waals surface area contributed by atoms with E-state index in [9.17, 15) is 14.4 Å². The molecule has 0 saturated carbocycles. The zero-order valence-electron chi connectivity index (χ0n) is 11.9. The maximum absolute atomic E-state index is 11.7. The van der Waals surface area contributed by atoms with Crippen LogP contribution in [-0.2, 0) is 14.3 Å². The predicted octanol–water partition coefficient (Wildman–Crippen LogP) is 0.784. The van der Waals surface area contributed by atoms with E-state index in [4.69, 9.17) is 9.84 Å². The number of aliphatic carboxylic acids is 1. The van der Waals surface area contributed by atoms with Crippen LogP contribution in [0.3, 0.4) is 0 Å². The third kappa shape index (κ3) is 5.62. The molecule has 0 aliphatic rings. The van der Waals surface area contributed by atoms with E-state index >= 15 is 0 Å². The van der Waals surface area contributed by atoms with Crippen LogP contribution in [0.15, 0.2) is 18.2 Å². The monoisotopic (exact) mass is 294 g/mol. The van der Waals surface area contributed by atoms with Crippen LogP contribution >= 0.6 is 0 Å². The van der Waals surface area contributed by atoms with Crippen LogP contribution in [0.1, 0.15) is 22.8 Å². The van der Waals surface area contributed by atoms with Gasteiger partial charge in [-0.25, -0.2) is 4.79 Å². The molecule has 1 aromatic rings. The number of carbonyl (C=O) groups excluding carboxylic acids is 2. The van der Waals surface area contributed by atoms with Gasteiger partial charge in [-0.1, -0.05) is 6.07 Å². The molecule has 0 fully saturated rings. The molecule has 21 heavy (non-hydrogen) atoms. The summed E-state index contributed by atoms with van der Waals surface area (Å²) in [6.07, 6.45) is 0. The molecule has 114 valence electrons. The van der Waals surface area contributed by atoms with Crippen molar-refractivity contribution in [3.63, 3.8) is 0 Å². The fourth-order valence-corrected chi connectivity index (χ4v) is 1.58. The average molecular weight is 294 g/mol. The van der Waals surface area contributed by atoms with Gasteiger partial charge in [-0.15, -0.1) is 0 Å². The summed E-state index contributed by atoms with van der Waals surface area (Å²) >= 11 is 0.